The van der Waals surface area contributed by atoms with E-state index < -0.39 is 10.0 Å². The molecule has 2 atom stereocenters. The van der Waals surface area contributed by atoms with Crippen LogP contribution in [-0.4, -0.2) is 32.5 Å². The Morgan fingerprint density at radius 3 is 2.81 bits per heavy atom. The van der Waals surface area contributed by atoms with Crippen LogP contribution in [0.4, 0.5) is 11.4 Å². The fourth-order valence-electron chi connectivity index (χ4n) is 2.65. The highest BCUT2D eigenvalue weighted by atomic mass is 32.2. The summed E-state index contributed by atoms with van der Waals surface area (Å²) in [6.07, 6.45) is 3.49. The molecule has 118 valence electrons. The van der Waals surface area contributed by atoms with E-state index in [2.05, 4.69) is 17.0 Å². The maximum atomic E-state index is 11.9. The predicted octanol–water partition coefficient (Wildman–Crippen LogP) is 2.26. The van der Waals surface area contributed by atoms with E-state index in [9.17, 15) is 8.42 Å². The standard InChI is InChI=1S/C14H23N3O2S2/c1-3-20-14-6-4-5-12(14)17-13-9-10(7-8-11(13)15)21(18,19)16-2/h7-9,12,14,16-17H,3-6,15H2,1-2H3. The second kappa shape index (κ2) is 6.89. The van der Waals surface area contributed by atoms with Gasteiger partial charge in [0.1, 0.15) is 0 Å². The van der Waals surface area contributed by atoms with Crippen molar-refractivity contribution in [2.24, 2.45) is 0 Å². The van der Waals surface area contributed by atoms with E-state index >= 15 is 0 Å². The zero-order valence-corrected chi connectivity index (χ0v) is 14.1. The Labute approximate surface area is 131 Å². The molecule has 0 heterocycles. The van der Waals surface area contributed by atoms with Crippen LogP contribution in [0.15, 0.2) is 23.1 Å². The van der Waals surface area contributed by atoms with E-state index in [-0.39, 0.29) is 4.90 Å². The monoisotopic (exact) mass is 329 g/mol. The molecule has 1 aromatic carbocycles. The molecule has 7 heteroatoms. The molecule has 1 aliphatic rings. The summed E-state index contributed by atoms with van der Waals surface area (Å²) in [6.45, 7) is 2.16. The number of thioether (sulfide) groups is 1. The van der Waals surface area contributed by atoms with Gasteiger partial charge in [-0.2, -0.15) is 11.8 Å². The van der Waals surface area contributed by atoms with Crippen LogP contribution in [0.1, 0.15) is 26.2 Å². The van der Waals surface area contributed by atoms with Crippen molar-refractivity contribution in [3.63, 3.8) is 0 Å². The molecular weight excluding hydrogens is 306 g/mol. The van der Waals surface area contributed by atoms with Crippen molar-refractivity contribution in [2.75, 3.05) is 23.9 Å². The van der Waals surface area contributed by atoms with Crippen LogP contribution in [0.5, 0.6) is 0 Å². The van der Waals surface area contributed by atoms with Crippen LogP contribution in [-0.2, 0) is 10.0 Å². The second-order valence-electron chi connectivity index (χ2n) is 5.13. The lowest BCUT2D eigenvalue weighted by atomic mass is 10.2. The Kier molecular flexibility index (Phi) is 5.40. The van der Waals surface area contributed by atoms with Gasteiger partial charge in [0.25, 0.3) is 0 Å². The molecule has 1 fully saturated rings. The molecule has 0 bridgehead atoms. The minimum Gasteiger partial charge on any atom is -0.397 e. The van der Waals surface area contributed by atoms with Gasteiger partial charge >= 0.3 is 0 Å². The number of hydrogen-bond donors (Lipinski definition) is 3. The molecule has 1 aromatic rings. The molecule has 0 aliphatic heterocycles. The van der Waals surface area contributed by atoms with Crippen LogP contribution in [0, 0.1) is 0 Å². The van der Waals surface area contributed by atoms with E-state index in [0.29, 0.717) is 22.7 Å². The van der Waals surface area contributed by atoms with Crippen molar-refractivity contribution in [3.8, 4) is 0 Å². The summed E-state index contributed by atoms with van der Waals surface area (Å²) >= 11 is 1.95. The topological polar surface area (TPSA) is 84.2 Å². The zero-order chi connectivity index (χ0) is 15.5. The third-order valence-electron chi connectivity index (χ3n) is 3.78. The van der Waals surface area contributed by atoms with Crippen molar-refractivity contribution < 1.29 is 8.42 Å². The molecule has 0 radical (unpaired) electrons. The summed E-state index contributed by atoms with van der Waals surface area (Å²) in [4.78, 5) is 0.236. The van der Waals surface area contributed by atoms with Gasteiger partial charge in [-0.25, -0.2) is 13.1 Å². The maximum absolute atomic E-state index is 11.9. The van der Waals surface area contributed by atoms with Gasteiger partial charge in [-0.1, -0.05) is 13.3 Å². The lowest BCUT2D eigenvalue weighted by Gasteiger charge is -2.22. The van der Waals surface area contributed by atoms with Crippen molar-refractivity contribution in [1.82, 2.24) is 4.72 Å². The molecule has 0 spiro atoms. The Bertz CT molecular complexity index is 590. The zero-order valence-electron chi connectivity index (χ0n) is 12.4. The van der Waals surface area contributed by atoms with Crippen molar-refractivity contribution >= 4 is 33.2 Å². The highest BCUT2D eigenvalue weighted by Gasteiger charge is 2.27. The maximum Gasteiger partial charge on any atom is 0.240 e. The van der Waals surface area contributed by atoms with Gasteiger partial charge in [-0.05, 0) is 43.8 Å². The van der Waals surface area contributed by atoms with E-state index in [1.807, 2.05) is 11.8 Å². The van der Waals surface area contributed by atoms with Gasteiger partial charge in [0.05, 0.1) is 16.3 Å². The van der Waals surface area contributed by atoms with Crippen molar-refractivity contribution in [2.45, 2.75) is 42.4 Å². The average Bonchev–Trinajstić information content (AvgIpc) is 2.89. The summed E-state index contributed by atoms with van der Waals surface area (Å²) in [5.74, 6) is 1.09. The Hall–Kier alpha value is -0.920. The van der Waals surface area contributed by atoms with Crippen LogP contribution in [0.25, 0.3) is 0 Å². The highest BCUT2D eigenvalue weighted by molar-refractivity contribution is 7.99. The van der Waals surface area contributed by atoms with E-state index in [1.54, 1.807) is 12.1 Å². The normalized spacial score (nSPS) is 22.4. The average molecular weight is 329 g/mol. The lowest BCUT2D eigenvalue weighted by Crippen LogP contribution is -2.27. The fraction of sp³-hybridized carbons (Fsp3) is 0.571. The Morgan fingerprint density at radius 2 is 2.14 bits per heavy atom. The minimum atomic E-state index is -3.45. The number of nitrogens with two attached hydrogens (primary N) is 1. The lowest BCUT2D eigenvalue weighted by molar-refractivity contribution is 0.588. The van der Waals surface area contributed by atoms with Gasteiger partial charge in [-0.3, -0.25) is 0 Å². The second-order valence-corrected chi connectivity index (χ2v) is 8.53. The summed E-state index contributed by atoms with van der Waals surface area (Å²) in [5, 5.41) is 4.01. The number of rotatable bonds is 6. The summed E-state index contributed by atoms with van der Waals surface area (Å²) in [7, 11) is -2.04. The summed E-state index contributed by atoms with van der Waals surface area (Å²) < 4.78 is 26.1. The number of benzene rings is 1. The number of hydrogen-bond acceptors (Lipinski definition) is 5. The van der Waals surface area contributed by atoms with Crippen LogP contribution < -0.4 is 15.8 Å². The Balaban J connectivity index is 2.21. The Morgan fingerprint density at radius 1 is 1.38 bits per heavy atom. The largest absolute Gasteiger partial charge is 0.397 e. The number of nitrogens with one attached hydrogen (secondary N) is 2. The molecule has 2 rings (SSSR count). The first-order valence-corrected chi connectivity index (χ1v) is 9.72. The minimum absolute atomic E-state index is 0.236. The van der Waals surface area contributed by atoms with Gasteiger partial charge in [-0.15, -0.1) is 0 Å². The molecular formula is C14H23N3O2S2. The summed E-state index contributed by atoms with van der Waals surface area (Å²) in [6, 6.07) is 5.14. The molecule has 0 amide bonds. The first kappa shape index (κ1) is 16.5. The predicted molar refractivity (Wildman–Crippen MR) is 90.3 cm³/mol. The van der Waals surface area contributed by atoms with E-state index in [1.165, 1.54) is 26.0 Å². The van der Waals surface area contributed by atoms with Gasteiger partial charge < -0.3 is 11.1 Å². The van der Waals surface area contributed by atoms with Crippen molar-refractivity contribution in [1.29, 1.82) is 0 Å². The van der Waals surface area contributed by atoms with Crippen LogP contribution >= 0.6 is 11.8 Å². The first-order valence-electron chi connectivity index (χ1n) is 7.19. The van der Waals surface area contributed by atoms with E-state index in [4.69, 9.17) is 5.73 Å². The van der Waals surface area contributed by atoms with Gasteiger partial charge in [0.2, 0.25) is 10.0 Å². The fourth-order valence-corrected chi connectivity index (χ4v) is 4.60. The summed E-state index contributed by atoms with van der Waals surface area (Å²) in [5.41, 5.74) is 7.28. The molecule has 2 unspecified atom stereocenters. The molecule has 1 aliphatic carbocycles. The third kappa shape index (κ3) is 3.84. The van der Waals surface area contributed by atoms with Crippen molar-refractivity contribution in [3.05, 3.63) is 18.2 Å². The third-order valence-corrected chi connectivity index (χ3v) is 6.52. The molecule has 4 N–H and O–H groups in total. The SMILES string of the molecule is CCSC1CCCC1Nc1cc(S(=O)(=O)NC)ccc1N. The number of anilines is 2. The smallest absolute Gasteiger partial charge is 0.240 e. The first-order chi connectivity index (χ1) is 9.97. The van der Waals surface area contributed by atoms with Crippen LogP contribution in [0.3, 0.4) is 0 Å². The molecule has 1 saturated carbocycles. The van der Waals surface area contributed by atoms with Gasteiger partial charge in [0.15, 0.2) is 0 Å². The molecule has 5 nitrogen and oxygen atoms in total. The molecule has 21 heavy (non-hydrogen) atoms. The van der Waals surface area contributed by atoms with E-state index in [0.717, 1.165) is 12.2 Å². The molecule has 0 aromatic heterocycles. The number of sulfonamides is 1. The van der Waals surface area contributed by atoms with Gasteiger partial charge in [0, 0.05) is 11.3 Å². The quantitative estimate of drug-likeness (QED) is 0.697. The molecule has 0 saturated heterocycles. The van der Waals surface area contributed by atoms with Crippen LogP contribution in [0.2, 0.25) is 0 Å². The highest BCUT2D eigenvalue weighted by Crippen LogP contribution is 2.34. The number of nitrogen functional groups attached to an aromatic ring is 1.